The molecule has 0 rings (SSSR count). The van der Waals surface area contributed by atoms with Crippen LogP contribution in [0.3, 0.4) is 0 Å². The van der Waals surface area contributed by atoms with Crippen molar-refractivity contribution in [1.29, 1.82) is 0 Å². The highest BCUT2D eigenvalue weighted by Crippen LogP contribution is 2.43. The Hall–Kier alpha value is -1.28. The van der Waals surface area contributed by atoms with Crippen molar-refractivity contribution in [2.75, 3.05) is 40.9 Å². The molecule has 0 aromatic carbocycles. The van der Waals surface area contributed by atoms with Crippen LogP contribution in [0.1, 0.15) is 373 Å². The van der Waals surface area contributed by atoms with Crippen LogP contribution in [0.25, 0.3) is 0 Å². The number of allylic oxidation sites excluding steroid dienone is 5. The first-order chi connectivity index (χ1) is 40.0. The zero-order valence-corrected chi connectivity index (χ0v) is 56.7. The van der Waals surface area contributed by atoms with E-state index in [0.29, 0.717) is 17.4 Å². The van der Waals surface area contributed by atoms with Gasteiger partial charge in [-0.2, -0.15) is 0 Å². The Bertz CT molecular complexity index is 1430. The van der Waals surface area contributed by atoms with Gasteiger partial charge in [-0.1, -0.05) is 359 Å². The number of rotatable bonds is 68. The predicted molar refractivity (Wildman–Crippen MR) is 360 cm³/mol. The number of nitrogens with one attached hydrogen (secondary N) is 1. The molecule has 0 fully saturated rings. The maximum atomic E-state index is 13.0. The van der Waals surface area contributed by atoms with Crippen molar-refractivity contribution in [3.8, 4) is 0 Å². The molecule has 3 atom stereocenters. The molecule has 8 nitrogen and oxygen atoms in total. The zero-order chi connectivity index (χ0) is 59.8. The third kappa shape index (κ3) is 66.2. The maximum absolute atomic E-state index is 13.0. The Balaban J connectivity index is 4.01. The number of carbonyl (C=O) groups is 1. The highest BCUT2D eigenvalue weighted by atomic mass is 31.2. The van der Waals surface area contributed by atoms with Crippen molar-refractivity contribution in [1.82, 2.24) is 5.32 Å². The molecule has 0 aliphatic carbocycles. The fraction of sp³-hybridized carbons (Fsp3) is 0.904. The summed E-state index contributed by atoms with van der Waals surface area (Å²) in [4.78, 5) is 23.4. The summed E-state index contributed by atoms with van der Waals surface area (Å²) >= 11 is 0. The van der Waals surface area contributed by atoms with Gasteiger partial charge in [0.15, 0.2) is 0 Å². The van der Waals surface area contributed by atoms with Gasteiger partial charge in [0.2, 0.25) is 5.91 Å². The van der Waals surface area contributed by atoms with Crippen LogP contribution in [0.5, 0.6) is 0 Å². The summed E-state index contributed by atoms with van der Waals surface area (Å²) in [5.74, 6) is -0.183. The number of quaternary nitrogens is 1. The third-order valence-corrected chi connectivity index (χ3v) is 17.8. The Labute approximate surface area is 512 Å². The second-order valence-electron chi connectivity index (χ2n) is 26.3. The van der Waals surface area contributed by atoms with E-state index in [1.165, 1.54) is 308 Å². The van der Waals surface area contributed by atoms with Crippen molar-refractivity contribution in [2.45, 2.75) is 386 Å². The highest BCUT2D eigenvalue weighted by Gasteiger charge is 2.28. The first-order valence-corrected chi connectivity index (χ1v) is 37.9. The number of phosphoric acid groups is 1. The van der Waals surface area contributed by atoms with Gasteiger partial charge in [0, 0.05) is 6.42 Å². The summed E-state index contributed by atoms with van der Waals surface area (Å²) in [6.07, 6.45) is 86.1. The number of phosphoric ester groups is 1. The van der Waals surface area contributed by atoms with E-state index in [0.717, 1.165) is 44.9 Å². The Kier molecular flexibility index (Phi) is 63.2. The number of aliphatic hydroxyl groups is 1. The van der Waals surface area contributed by atoms with E-state index in [9.17, 15) is 19.4 Å². The summed E-state index contributed by atoms with van der Waals surface area (Å²) in [5, 5.41) is 14.0. The van der Waals surface area contributed by atoms with Crippen molar-refractivity contribution in [2.24, 2.45) is 0 Å². The van der Waals surface area contributed by atoms with Crippen LogP contribution in [-0.2, 0) is 18.4 Å². The molecule has 0 aromatic rings. The summed E-state index contributed by atoms with van der Waals surface area (Å²) in [6, 6.07) is -0.869. The highest BCUT2D eigenvalue weighted by molar-refractivity contribution is 7.47. The summed E-state index contributed by atoms with van der Waals surface area (Å²) in [6.45, 7) is 4.85. The van der Waals surface area contributed by atoms with E-state index in [2.05, 4.69) is 43.5 Å². The molecule has 82 heavy (non-hydrogen) atoms. The molecule has 0 saturated heterocycles. The van der Waals surface area contributed by atoms with Gasteiger partial charge in [-0.15, -0.1) is 0 Å². The molecule has 0 radical (unpaired) electrons. The maximum Gasteiger partial charge on any atom is 0.472 e. The summed E-state index contributed by atoms with van der Waals surface area (Å²) in [7, 11) is 1.56. The van der Waals surface area contributed by atoms with Crippen molar-refractivity contribution in [3.05, 3.63) is 36.5 Å². The molecule has 0 aromatic heterocycles. The number of amides is 1. The Morgan fingerprint density at radius 2 is 0.671 bits per heavy atom. The van der Waals surface area contributed by atoms with E-state index < -0.39 is 20.0 Å². The SMILES string of the molecule is CCCCCCCCCCCCCCCC/C=C/CC/C=C/CC/C=C/C(O)C(COP(=O)(O)OCC[N+](C)(C)C)NC(=O)CCCCCCCCCCCCCCCCCCCCCCCCCCCCCCCCCCCCCC. The Morgan fingerprint density at radius 1 is 0.402 bits per heavy atom. The van der Waals surface area contributed by atoms with Crippen LogP contribution in [0.15, 0.2) is 36.5 Å². The molecule has 486 valence electrons. The predicted octanol–water partition coefficient (Wildman–Crippen LogP) is 23.2. The molecule has 9 heteroatoms. The number of hydrogen-bond donors (Lipinski definition) is 3. The van der Waals surface area contributed by atoms with Gasteiger partial charge >= 0.3 is 7.82 Å². The van der Waals surface area contributed by atoms with Crippen LogP contribution in [0, 0.1) is 0 Å². The summed E-state index contributed by atoms with van der Waals surface area (Å²) < 4.78 is 23.8. The van der Waals surface area contributed by atoms with Crippen molar-refractivity contribution < 1.29 is 32.9 Å². The van der Waals surface area contributed by atoms with E-state index >= 15 is 0 Å². The molecule has 3 N–H and O–H groups in total. The van der Waals surface area contributed by atoms with Gasteiger partial charge in [-0.05, 0) is 44.9 Å². The standard InChI is InChI=1S/C73H143N2O6P/c1-6-8-10-12-14-16-18-20-22-24-26-28-30-32-33-34-35-36-37-38-39-40-41-42-43-45-47-49-51-53-55-57-59-61-63-65-67-73(77)74-71(70-81-82(78,79)80-69-68-75(3,4)5)72(76)66-64-62-60-58-56-54-52-50-48-46-44-31-29-27-25-23-21-19-17-15-13-11-9-7-2/h48,50,56,58,64,66,71-72,76H,6-47,49,51-55,57,59-63,65,67-70H2,1-5H3,(H-,74,77,78,79)/p+1/b50-48+,58-56+,66-64+. The number of likely N-dealkylation sites (N-methyl/N-ethyl adjacent to an activating group) is 1. The number of nitrogens with zero attached hydrogens (tertiary/aromatic N) is 1. The second-order valence-corrected chi connectivity index (χ2v) is 27.8. The average Bonchev–Trinajstić information content (AvgIpc) is 3.47. The lowest BCUT2D eigenvalue weighted by Gasteiger charge is -2.25. The largest absolute Gasteiger partial charge is 0.472 e. The normalized spacial score (nSPS) is 13.8. The Morgan fingerprint density at radius 3 is 0.976 bits per heavy atom. The first-order valence-electron chi connectivity index (χ1n) is 36.4. The lowest BCUT2D eigenvalue weighted by Crippen LogP contribution is -2.45. The second kappa shape index (κ2) is 64.2. The molecule has 0 aliphatic rings. The first kappa shape index (κ1) is 80.7. The number of hydrogen-bond acceptors (Lipinski definition) is 5. The molecule has 0 spiro atoms. The van der Waals surface area contributed by atoms with E-state index in [4.69, 9.17) is 9.05 Å². The van der Waals surface area contributed by atoms with Gasteiger partial charge in [0.25, 0.3) is 0 Å². The van der Waals surface area contributed by atoms with Crippen LogP contribution >= 0.6 is 7.82 Å². The van der Waals surface area contributed by atoms with Gasteiger partial charge < -0.3 is 19.8 Å². The minimum Gasteiger partial charge on any atom is -0.387 e. The fourth-order valence-corrected chi connectivity index (χ4v) is 11.9. The minimum absolute atomic E-state index is 0.0554. The topological polar surface area (TPSA) is 105 Å². The monoisotopic (exact) mass is 1180 g/mol. The minimum atomic E-state index is -4.36. The van der Waals surface area contributed by atoms with E-state index in [1.54, 1.807) is 6.08 Å². The number of unbranched alkanes of at least 4 members (excludes halogenated alkanes) is 51. The van der Waals surface area contributed by atoms with Gasteiger partial charge in [-0.3, -0.25) is 13.8 Å². The van der Waals surface area contributed by atoms with Crippen LogP contribution < -0.4 is 5.32 Å². The smallest absolute Gasteiger partial charge is 0.387 e. The molecule has 0 bridgehead atoms. The van der Waals surface area contributed by atoms with Crippen LogP contribution in [0.4, 0.5) is 0 Å². The van der Waals surface area contributed by atoms with E-state index in [-0.39, 0.29) is 19.1 Å². The molecule has 1 amide bonds. The fourth-order valence-electron chi connectivity index (χ4n) is 11.2. The van der Waals surface area contributed by atoms with Gasteiger partial charge in [0.1, 0.15) is 13.2 Å². The lowest BCUT2D eigenvalue weighted by atomic mass is 10.0. The molecule has 0 saturated carbocycles. The van der Waals surface area contributed by atoms with E-state index in [1.807, 2.05) is 27.2 Å². The molecular weight excluding hydrogens is 1030 g/mol. The van der Waals surface area contributed by atoms with Gasteiger partial charge in [0.05, 0.1) is 39.9 Å². The molecular formula is C73H144N2O6P+. The number of carbonyl (C=O) groups excluding carboxylic acids is 1. The molecule has 0 aliphatic heterocycles. The zero-order valence-electron chi connectivity index (χ0n) is 55.8. The van der Waals surface area contributed by atoms with Crippen LogP contribution in [0.2, 0.25) is 0 Å². The quantitative estimate of drug-likeness (QED) is 0.0243. The third-order valence-electron chi connectivity index (χ3n) is 16.8. The molecule has 3 unspecified atom stereocenters. The van der Waals surface area contributed by atoms with Crippen molar-refractivity contribution in [3.63, 3.8) is 0 Å². The average molecular weight is 1180 g/mol. The van der Waals surface area contributed by atoms with Gasteiger partial charge in [-0.25, -0.2) is 4.57 Å². The lowest BCUT2D eigenvalue weighted by molar-refractivity contribution is -0.870. The molecule has 0 heterocycles. The van der Waals surface area contributed by atoms with Crippen LogP contribution in [-0.4, -0.2) is 73.4 Å². The summed E-state index contributed by atoms with van der Waals surface area (Å²) in [5.41, 5.74) is 0. The van der Waals surface area contributed by atoms with Crippen molar-refractivity contribution >= 4 is 13.7 Å². The number of aliphatic hydroxyl groups excluding tert-OH is 1.